The number of benzene rings is 2. The number of aromatic nitrogens is 1. The first-order chi connectivity index (χ1) is 16.1. The molecule has 0 radical (unpaired) electrons. The van der Waals surface area contributed by atoms with Gasteiger partial charge in [-0.2, -0.15) is 5.10 Å². The number of hydrogen-bond donors (Lipinski definition) is 0. The molecule has 0 unspecified atom stereocenters. The van der Waals surface area contributed by atoms with Gasteiger partial charge < -0.3 is 13.9 Å². The molecule has 1 atom stereocenters. The van der Waals surface area contributed by atoms with Gasteiger partial charge in [0, 0.05) is 23.4 Å². The van der Waals surface area contributed by atoms with E-state index in [0.717, 1.165) is 22.4 Å². The molecule has 2 aromatic heterocycles. The van der Waals surface area contributed by atoms with Crippen LogP contribution in [0.15, 0.2) is 76.4 Å². The van der Waals surface area contributed by atoms with E-state index in [-0.39, 0.29) is 11.7 Å². The Morgan fingerprint density at radius 3 is 2.52 bits per heavy atom. The van der Waals surface area contributed by atoms with E-state index in [1.54, 1.807) is 26.4 Å². The summed E-state index contributed by atoms with van der Waals surface area (Å²) in [4.78, 5) is 17.8. The molecule has 166 valence electrons. The molecule has 0 N–H and O–H groups in total. The molecule has 4 aromatic rings. The molecule has 2 aromatic carbocycles. The molecule has 1 aliphatic heterocycles. The van der Waals surface area contributed by atoms with Crippen LogP contribution in [-0.2, 0) is 0 Å². The van der Waals surface area contributed by atoms with Gasteiger partial charge in [0.05, 0.1) is 37.8 Å². The van der Waals surface area contributed by atoms with Crippen LogP contribution in [0.1, 0.15) is 34.1 Å². The highest BCUT2D eigenvalue weighted by Gasteiger charge is 2.36. The number of halogens is 1. The molecule has 0 saturated heterocycles. The zero-order valence-electron chi connectivity index (χ0n) is 18.0. The van der Waals surface area contributed by atoms with Gasteiger partial charge in [0.2, 0.25) is 0 Å². The molecule has 7 nitrogen and oxygen atoms in total. The van der Waals surface area contributed by atoms with E-state index in [1.165, 1.54) is 11.3 Å². The topological polar surface area (TPSA) is 77.2 Å². The lowest BCUT2D eigenvalue weighted by molar-refractivity contribution is 0.0678. The van der Waals surface area contributed by atoms with Crippen molar-refractivity contribution in [1.29, 1.82) is 0 Å². The van der Waals surface area contributed by atoms with Crippen LogP contribution >= 0.6 is 11.6 Å². The molecule has 0 aliphatic carbocycles. The summed E-state index contributed by atoms with van der Waals surface area (Å²) in [5, 5.41) is 7.29. The van der Waals surface area contributed by atoms with E-state index < -0.39 is 6.04 Å². The molecule has 0 saturated carbocycles. The highest BCUT2D eigenvalue weighted by atomic mass is 35.5. The van der Waals surface area contributed by atoms with E-state index in [1.807, 2.05) is 48.5 Å². The average Bonchev–Trinajstić information content (AvgIpc) is 3.54. The Hall–Kier alpha value is -3.84. The largest absolute Gasteiger partial charge is 0.497 e. The summed E-state index contributed by atoms with van der Waals surface area (Å²) in [6.07, 6.45) is 1.94. The lowest BCUT2D eigenvalue weighted by atomic mass is 9.98. The van der Waals surface area contributed by atoms with E-state index in [4.69, 9.17) is 25.5 Å². The molecule has 3 heterocycles. The fraction of sp³-hybridized carbons (Fsp3) is 0.160. The van der Waals surface area contributed by atoms with Gasteiger partial charge in [-0.3, -0.25) is 4.79 Å². The maximum Gasteiger partial charge on any atom is 0.310 e. The molecule has 0 bridgehead atoms. The van der Waals surface area contributed by atoms with Crippen LogP contribution in [0.4, 0.5) is 0 Å². The minimum Gasteiger partial charge on any atom is -0.497 e. The van der Waals surface area contributed by atoms with Gasteiger partial charge in [-0.25, -0.2) is 9.99 Å². The number of rotatable bonds is 5. The van der Waals surface area contributed by atoms with E-state index >= 15 is 0 Å². The fourth-order valence-electron chi connectivity index (χ4n) is 3.91. The van der Waals surface area contributed by atoms with Crippen molar-refractivity contribution < 1.29 is 18.7 Å². The number of carbonyl (C=O) groups is 1. The summed E-state index contributed by atoms with van der Waals surface area (Å²) in [5.74, 6) is 1.29. The van der Waals surface area contributed by atoms with Gasteiger partial charge in [-0.05, 0) is 60.2 Å². The predicted octanol–water partition coefficient (Wildman–Crippen LogP) is 5.49. The molecule has 8 heteroatoms. The first-order valence-electron chi connectivity index (χ1n) is 10.3. The maximum absolute atomic E-state index is 13.3. The first-order valence-corrected chi connectivity index (χ1v) is 10.7. The number of amides is 1. The molecule has 5 rings (SSSR count). The molecule has 0 spiro atoms. The van der Waals surface area contributed by atoms with Crippen molar-refractivity contribution in [1.82, 2.24) is 9.99 Å². The summed E-state index contributed by atoms with van der Waals surface area (Å²) < 4.78 is 15.9. The molecule has 1 aliphatic rings. The Labute approximate surface area is 195 Å². The number of fused-ring (bicyclic) bond motifs is 1. The van der Waals surface area contributed by atoms with Crippen LogP contribution < -0.4 is 9.47 Å². The van der Waals surface area contributed by atoms with Gasteiger partial charge in [0.15, 0.2) is 5.76 Å². The van der Waals surface area contributed by atoms with E-state index in [9.17, 15) is 4.79 Å². The third-order valence-corrected chi connectivity index (χ3v) is 5.94. The highest BCUT2D eigenvalue weighted by molar-refractivity contribution is 6.30. The number of hydrogen-bond acceptors (Lipinski definition) is 6. The van der Waals surface area contributed by atoms with Gasteiger partial charge in [0.1, 0.15) is 16.7 Å². The van der Waals surface area contributed by atoms with Crippen LogP contribution in [0.3, 0.4) is 0 Å². The Balaban J connectivity index is 1.57. The van der Waals surface area contributed by atoms with E-state index in [2.05, 4.69) is 10.1 Å². The van der Waals surface area contributed by atoms with Crippen LogP contribution in [0, 0.1) is 0 Å². The predicted molar refractivity (Wildman–Crippen MR) is 125 cm³/mol. The molecular weight excluding hydrogens is 442 g/mol. The summed E-state index contributed by atoms with van der Waals surface area (Å²) >= 11 is 6.63. The van der Waals surface area contributed by atoms with Crippen LogP contribution in [-0.4, -0.2) is 35.8 Å². The third kappa shape index (κ3) is 3.91. The fourth-order valence-corrected chi connectivity index (χ4v) is 4.18. The Morgan fingerprint density at radius 1 is 1.06 bits per heavy atom. The maximum atomic E-state index is 13.3. The van der Waals surface area contributed by atoms with Crippen LogP contribution in [0.5, 0.6) is 11.5 Å². The standard InChI is InChI=1S/C25H20ClN3O4/c1-31-17-8-5-15(6-9-17)21-14-22(29(28-21)25(30)23-4-3-11-33-23)19-12-16-7-10-18(32-2)13-20(16)27-24(19)26/h3-13,22H,14H2,1-2H3/t22-/m1/s1. The molecule has 33 heavy (non-hydrogen) atoms. The number of carbonyl (C=O) groups excluding carboxylic acids is 1. The minimum absolute atomic E-state index is 0.203. The van der Waals surface area contributed by atoms with E-state index in [0.29, 0.717) is 28.4 Å². The second kappa shape index (κ2) is 8.60. The summed E-state index contributed by atoms with van der Waals surface area (Å²) in [6.45, 7) is 0. The Bertz CT molecular complexity index is 1350. The van der Waals surface area contributed by atoms with Crippen molar-refractivity contribution in [3.8, 4) is 11.5 Å². The molecule has 0 fully saturated rings. The third-order valence-electron chi connectivity index (χ3n) is 5.64. The van der Waals surface area contributed by atoms with Crippen molar-refractivity contribution in [2.75, 3.05) is 14.2 Å². The van der Waals surface area contributed by atoms with Gasteiger partial charge >= 0.3 is 5.91 Å². The normalized spacial score (nSPS) is 15.5. The number of nitrogens with zero attached hydrogens (tertiary/aromatic N) is 3. The average molecular weight is 462 g/mol. The van der Waals surface area contributed by atoms with Crippen molar-refractivity contribution >= 4 is 34.1 Å². The Morgan fingerprint density at radius 2 is 1.82 bits per heavy atom. The quantitative estimate of drug-likeness (QED) is 0.367. The number of methoxy groups -OCH3 is 2. The zero-order chi connectivity index (χ0) is 22.9. The van der Waals surface area contributed by atoms with Gasteiger partial charge in [-0.1, -0.05) is 11.6 Å². The van der Waals surface area contributed by atoms with Gasteiger partial charge in [0.25, 0.3) is 0 Å². The summed E-state index contributed by atoms with van der Waals surface area (Å²) in [5.41, 5.74) is 3.07. The number of ether oxygens (including phenoxy) is 2. The second-order valence-electron chi connectivity index (χ2n) is 7.55. The minimum atomic E-state index is -0.439. The Kier molecular flexibility index (Phi) is 5.48. The van der Waals surface area contributed by atoms with Crippen molar-refractivity contribution in [3.05, 3.63) is 89.0 Å². The van der Waals surface area contributed by atoms with Crippen molar-refractivity contribution in [2.45, 2.75) is 12.5 Å². The SMILES string of the molecule is COc1ccc(C2=NN(C(=O)c3ccco3)[C@@H](c3cc4ccc(OC)cc4nc3Cl)C2)cc1. The number of hydrazone groups is 1. The summed E-state index contributed by atoms with van der Waals surface area (Å²) in [7, 11) is 3.22. The number of pyridine rings is 1. The highest BCUT2D eigenvalue weighted by Crippen LogP contribution is 2.38. The lowest BCUT2D eigenvalue weighted by Gasteiger charge is -2.22. The van der Waals surface area contributed by atoms with Crippen LogP contribution in [0.25, 0.3) is 10.9 Å². The zero-order valence-corrected chi connectivity index (χ0v) is 18.7. The van der Waals surface area contributed by atoms with Gasteiger partial charge in [-0.15, -0.1) is 0 Å². The van der Waals surface area contributed by atoms with Crippen molar-refractivity contribution in [2.24, 2.45) is 5.10 Å². The summed E-state index contributed by atoms with van der Waals surface area (Å²) in [6, 6.07) is 18.0. The van der Waals surface area contributed by atoms with Crippen molar-refractivity contribution in [3.63, 3.8) is 0 Å². The molecule has 1 amide bonds. The lowest BCUT2D eigenvalue weighted by Crippen LogP contribution is -2.27. The first kappa shape index (κ1) is 21.0. The monoisotopic (exact) mass is 461 g/mol. The smallest absolute Gasteiger partial charge is 0.310 e. The second-order valence-corrected chi connectivity index (χ2v) is 7.91. The molecular formula is C25H20ClN3O4. The number of furan rings is 1. The van der Waals surface area contributed by atoms with Crippen LogP contribution in [0.2, 0.25) is 5.15 Å².